The Hall–Kier alpha value is -1.31. The number of carbonyl (C=O) groups excluding carboxylic acids is 1. The first kappa shape index (κ1) is 13.4. The molecule has 5 atom stereocenters. The van der Waals surface area contributed by atoms with Gasteiger partial charge in [-0.3, -0.25) is 4.79 Å². The second-order valence-corrected chi connectivity index (χ2v) is 7.76. The molecule has 21 heavy (non-hydrogen) atoms. The van der Waals surface area contributed by atoms with E-state index in [4.69, 9.17) is 0 Å². The lowest BCUT2D eigenvalue weighted by molar-refractivity contribution is -0.131. The number of phenolic OH excluding ortho intramolecular Hbond substituents is 1. The van der Waals surface area contributed by atoms with Crippen molar-refractivity contribution in [3.63, 3.8) is 0 Å². The van der Waals surface area contributed by atoms with E-state index in [9.17, 15) is 9.90 Å². The highest BCUT2D eigenvalue weighted by Crippen LogP contribution is 2.60. The molecule has 112 valence electrons. The van der Waals surface area contributed by atoms with Crippen LogP contribution < -0.4 is 0 Å². The number of ketones is 1. The molecule has 2 nitrogen and oxygen atoms in total. The average Bonchev–Trinajstić information content (AvgIpc) is 2.70. The first-order valence-corrected chi connectivity index (χ1v) is 8.37. The number of hydrogen-bond acceptors (Lipinski definition) is 2. The molecule has 3 aliphatic carbocycles. The lowest BCUT2D eigenvalue weighted by atomic mass is 9.55. The van der Waals surface area contributed by atoms with E-state index in [2.05, 4.69) is 19.9 Å². The van der Waals surface area contributed by atoms with Crippen LogP contribution in [0.5, 0.6) is 5.75 Å². The van der Waals surface area contributed by atoms with Crippen LogP contribution in [0.3, 0.4) is 0 Å². The molecule has 0 aromatic heterocycles. The molecule has 2 fully saturated rings. The Labute approximate surface area is 126 Å². The highest BCUT2D eigenvalue weighted by atomic mass is 16.3. The van der Waals surface area contributed by atoms with Crippen molar-refractivity contribution in [3.05, 3.63) is 29.3 Å². The first-order valence-electron chi connectivity index (χ1n) is 8.37. The van der Waals surface area contributed by atoms with Gasteiger partial charge in [-0.2, -0.15) is 0 Å². The lowest BCUT2D eigenvalue weighted by Gasteiger charge is -2.48. The van der Waals surface area contributed by atoms with E-state index in [1.165, 1.54) is 17.5 Å². The van der Waals surface area contributed by atoms with Crippen molar-refractivity contribution in [3.8, 4) is 5.75 Å². The van der Waals surface area contributed by atoms with Gasteiger partial charge in [-0.15, -0.1) is 0 Å². The Balaban J connectivity index is 1.73. The zero-order valence-electron chi connectivity index (χ0n) is 12.9. The summed E-state index contributed by atoms with van der Waals surface area (Å²) in [7, 11) is 0. The summed E-state index contributed by atoms with van der Waals surface area (Å²) in [5.41, 5.74) is 2.71. The van der Waals surface area contributed by atoms with E-state index in [1.807, 2.05) is 12.1 Å². The van der Waals surface area contributed by atoms with Crippen LogP contribution >= 0.6 is 0 Å². The van der Waals surface area contributed by atoms with Gasteiger partial charge < -0.3 is 5.11 Å². The molecule has 0 bridgehead atoms. The molecule has 1 N–H and O–H groups in total. The fraction of sp³-hybridized carbons (Fsp3) is 0.632. The summed E-state index contributed by atoms with van der Waals surface area (Å²) in [4.78, 5) is 12.6. The summed E-state index contributed by atoms with van der Waals surface area (Å²) >= 11 is 0. The highest BCUT2D eigenvalue weighted by molar-refractivity contribution is 5.89. The summed E-state index contributed by atoms with van der Waals surface area (Å²) < 4.78 is 0. The molecule has 1 aromatic rings. The number of hydrogen-bond donors (Lipinski definition) is 1. The van der Waals surface area contributed by atoms with Crippen molar-refractivity contribution in [1.29, 1.82) is 0 Å². The largest absolute Gasteiger partial charge is 0.508 e. The number of rotatable bonds is 0. The fourth-order valence-corrected chi connectivity index (χ4v) is 5.68. The molecular formula is C19H24O2. The van der Waals surface area contributed by atoms with Gasteiger partial charge in [0.15, 0.2) is 0 Å². The van der Waals surface area contributed by atoms with Gasteiger partial charge in [0.05, 0.1) is 0 Å². The maximum Gasteiger partial charge on any atom is 0.141 e. The molecule has 0 radical (unpaired) electrons. The lowest BCUT2D eigenvalue weighted by Crippen LogP contribution is -2.42. The third-order valence-electron chi connectivity index (χ3n) is 6.72. The standard InChI is InChI=1S/C19H24O2/c1-11-9-17-16-5-3-12-10-13(20)4-6-14(12)15(16)7-8-19(17,2)18(11)21/h4,6,10-11,15-17,20H,3,5,7-9H2,1-2H3/t11?,15?,16?,17?,19-/m0/s1. The minimum Gasteiger partial charge on any atom is -0.508 e. The van der Waals surface area contributed by atoms with Crippen molar-refractivity contribution >= 4 is 5.78 Å². The van der Waals surface area contributed by atoms with E-state index >= 15 is 0 Å². The van der Waals surface area contributed by atoms with Crippen molar-refractivity contribution < 1.29 is 9.90 Å². The third-order valence-corrected chi connectivity index (χ3v) is 6.72. The van der Waals surface area contributed by atoms with Crippen LogP contribution in [0.2, 0.25) is 0 Å². The number of phenols is 1. The minimum absolute atomic E-state index is 0.0605. The zero-order chi connectivity index (χ0) is 14.8. The van der Waals surface area contributed by atoms with E-state index in [0.29, 0.717) is 29.3 Å². The van der Waals surface area contributed by atoms with E-state index in [1.54, 1.807) is 0 Å². The summed E-state index contributed by atoms with van der Waals surface area (Å²) in [6.07, 6.45) is 5.50. The topological polar surface area (TPSA) is 37.3 Å². The Bertz CT molecular complexity index is 606. The van der Waals surface area contributed by atoms with Crippen molar-refractivity contribution in [2.75, 3.05) is 0 Å². The molecular weight excluding hydrogens is 260 g/mol. The molecule has 0 amide bonds. The highest BCUT2D eigenvalue weighted by Gasteiger charge is 2.56. The Morgan fingerprint density at radius 3 is 2.90 bits per heavy atom. The Kier molecular flexibility index (Phi) is 2.76. The molecule has 4 rings (SSSR count). The molecule has 0 aliphatic heterocycles. The second-order valence-electron chi connectivity index (χ2n) is 7.76. The quantitative estimate of drug-likeness (QED) is 0.780. The van der Waals surface area contributed by atoms with Crippen molar-refractivity contribution in [1.82, 2.24) is 0 Å². The maximum atomic E-state index is 12.6. The molecule has 3 aliphatic rings. The van der Waals surface area contributed by atoms with E-state index in [-0.39, 0.29) is 11.3 Å². The van der Waals surface area contributed by atoms with Crippen LogP contribution in [0.1, 0.15) is 56.6 Å². The van der Waals surface area contributed by atoms with Gasteiger partial charge in [0.2, 0.25) is 0 Å². The summed E-state index contributed by atoms with van der Waals surface area (Å²) in [5, 5.41) is 9.70. The maximum absolute atomic E-state index is 12.6. The molecule has 0 heterocycles. The third kappa shape index (κ3) is 1.74. The van der Waals surface area contributed by atoms with Crippen LogP contribution in [0.4, 0.5) is 0 Å². The van der Waals surface area contributed by atoms with Gasteiger partial charge in [-0.1, -0.05) is 19.9 Å². The van der Waals surface area contributed by atoms with Crippen LogP contribution in [-0.2, 0) is 11.2 Å². The number of benzene rings is 1. The normalized spacial score (nSPS) is 41.3. The van der Waals surface area contributed by atoms with E-state index in [0.717, 1.165) is 25.7 Å². The van der Waals surface area contributed by atoms with Gasteiger partial charge in [-0.05, 0) is 73.1 Å². The predicted molar refractivity (Wildman–Crippen MR) is 82.3 cm³/mol. The number of aryl methyl sites for hydroxylation is 1. The minimum atomic E-state index is -0.0605. The van der Waals surface area contributed by atoms with Gasteiger partial charge in [-0.25, -0.2) is 0 Å². The van der Waals surface area contributed by atoms with Gasteiger partial charge in [0.1, 0.15) is 11.5 Å². The van der Waals surface area contributed by atoms with Gasteiger partial charge in [0.25, 0.3) is 0 Å². The molecule has 2 heteroatoms. The molecule has 0 saturated heterocycles. The monoisotopic (exact) mass is 284 g/mol. The Morgan fingerprint density at radius 2 is 2.10 bits per heavy atom. The molecule has 2 saturated carbocycles. The number of carbonyl (C=O) groups is 1. The molecule has 0 spiro atoms. The van der Waals surface area contributed by atoms with Crippen LogP contribution in [0, 0.1) is 23.2 Å². The zero-order valence-corrected chi connectivity index (χ0v) is 12.9. The van der Waals surface area contributed by atoms with Crippen LogP contribution in [0.15, 0.2) is 18.2 Å². The number of fused-ring (bicyclic) bond motifs is 5. The smallest absolute Gasteiger partial charge is 0.141 e. The van der Waals surface area contributed by atoms with Crippen LogP contribution in [0.25, 0.3) is 0 Å². The molecule has 4 unspecified atom stereocenters. The van der Waals surface area contributed by atoms with Crippen molar-refractivity contribution in [2.24, 2.45) is 23.2 Å². The summed E-state index contributed by atoms with van der Waals surface area (Å²) in [5.74, 6) is 2.99. The first-order chi connectivity index (χ1) is 10.0. The van der Waals surface area contributed by atoms with Crippen molar-refractivity contribution in [2.45, 2.75) is 51.9 Å². The number of aromatic hydroxyl groups is 1. The number of Topliss-reactive ketones (excluding diaryl/α,β-unsaturated/α-hetero) is 1. The second kappa shape index (κ2) is 4.34. The van der Waals surface area contributed by atoms with E-state index < -0.39 is 0 Å². The fourth-order valence-electron chi connectivity index (χ4n) is 5.68. The SMILES string of the molecule is CC1CC2C3CCc4cc(O)ccc4C3CC[C@]2(C)C1=O. The summed E-state index contributed by atoms with van der Waals surface area (Å²) in [6, 6.07) is 5.91. The molecule has 1 aromatic carbocycles. The van der Waals surface area contributed by atoms with Gasteiger partial charge in [0, 0.05) is 11.3 Å². The van der Waals surface area contributed by atoms with Gasteiger partial charge >= 0.3 is 0 Å². The Morgan fingerprint density at radius 1 is 1.29 bits per heavy atom. The predicted octanol–water partition coefficient (Wildman–Crippen LogP) is 4.06. The average molecular weight is 284 g/mol. The van der Waals surface area contributed by atoms with Crippen LogP contribution in [-0.4, -0.2) is 10.9 Å². The summed E-state index contributed by atoms with van der Waals surface area (Å²) in [6.45, 7) is 4.35.